The molecule has 428 valence electrons. The predicted molar refractivity (Wildman–Crippen MR) is 364 cm³/mol. The molecule has 5 nitrogen and oxygen atoms in total. The van der Waals surface area contributed by atoms with Crippen molar-refractivity contribution < 1.29 is 6.85 Å². The summed E-state index contributed by atoms with van der Waals surface area (Å²) in [6, 6.07) is 64.5. The summed E-state index contributed by atoms with van der Waals surface area (Å²) < 4.78 is 46.4. The molecule has 0 aliphatic carbocycles. The molecule has 10 aromatic rings. The van der Waals surface area contributed by atoms with Crippen LogP contribution in [0.2, 0.25) is 0 Å². The fourth-order valence-electron chi connectivity index (χ4n) is 12.1. The van der Waals surface area contributed by atoms with Gasteiger partial charge in [-0.2, -0.15) is 0 Å². The third kappa shape index (κ3) is 10.8. The molecule has 5 heteroatoms. The van der Waals surface area contributed by atoms with Crippen molar-refractivity contribution in [2.75, 3.05) is 26.3 Å². The van der Waals surface area contributed by atoms with E-state index in [9.17, 15) is 2.74 Å². The van der Waals surface area contributed by atoms with Gasteiger partial charge in [0, 0.05) is 51.2 Å². The Morgan fingerprint density at radius 3 is 1.47 bits per heavy atom. The van der Waals surface area contributed by atoms with E-state index in [1.807, 2.05) is 6.20 Å². The van der Waals surface area contributed by atoms with E-state index in [-0.39, 0.29) is 51.4 Å². The fourth-order valence-corrected chi connectivity index (χ4v) is 12.1. The zero-order valence-corrected chi connectivity index (χ0v) is 52.3. The van der Waals surface area contributed by atoms with Gasteiger partial charge in [-0.15, -0.1) is 0 Å². The van der Waals surface area contributed by atoms with Gasteiger partial charge in [0.15, 0.2) is 0 Å². The van der Waals surface area contributed by atoms with Crippen molar-refractivity contribution in [1.29, 1.82) is 0 Å². The van der Waals surface area contributed by atoms with E-state index in [4.69, 9.17) is 9.10 Å². The largest absolute Gasteiger partial charge is 0.321 e. The summed E-state index contributed by atoms with van der Waals surface area (Å²) >= 11 is 0. The first kappa shape index (κ1) is 50.8. The lowest BCUT2D eigenvalue weighted by Gasteiger charge is -2.33. The van der Waals surface area contributed by atoms with Crippen molar-refractivity contribution in [2.45, 2.75) is 131 Å². The molecule has 0 N–H and O–H groups in total. The first-order valence-corrected chi connectivity index (χ1v) is 30.0. The predicted octanol–water partition coefficient (Wildman–Crippen LogP) is 22.7. The van der Waals surface area contributed by atoms with Crippen LogP contribution >= 0.6 is 0 Å². The first-order chi connectivity index (χ1) is 42.4. The van der Waals surface area contributed by atoms with Crippen molar-refractivity contribution in [3.05, 3.63) is 246 Å². The van der Waals surface area contributed by atoms with E-state index in [2.05, 4.69) is 305 Å². The molecule has 2 aliphatic rings. The van der Waals surface area contributed by atoms with Gasteiger partial charge in [0.05, 0.1) is 35.3 Å². The average Bonchev–Trinajstić information content (AvgIpc) is 1.41. The van der Waals surface area contributed by atoms with Gasteiger partial charge in [0.25, 0.3) is 0 Å². The zero-order chi connectivity index (χ0) is 64.3. The van der Waals surface area contributed by atoms with E-state index in [0.29, 0.717) is 12.2 Å². The van der Waals surface area contributed by atoms with E-state index in [1.165, 1.54) is 16.7 Å². The fraction of sp³-hybridized carbons (Fsp3) is 0.263. The Morgan fingerprint density at radius 1 is 0.365 bits per heavy atom. The SMILES string of the molecule is [2H]c1c([2H])c([2H])c(-c2cc(C(C)(C)C)cc(-c3cc(C(C)(C)C)cc(C(C)(C)C)c3)c2N2CN(c3cc(N(c4ccccc4)c4ccc5c(c4)N(c4cc(C(C)(C)C)ccn4)c4ccccc4-c4ccccc4-5)cc(C(C)(C)C)c3)c3ccccc32)c([2H])c1[2H]. The Labute approximate surface area is 514 Å². The van der Waals surface area contributed by atoms with Crippen LogP contribution in [0.15, 0.2) is 218 Å². The van der Waals surface area contributed by atoms with E-state index < -0.39 is 11.5 Å². The second kappa shape index (κ2) is 21.1. The number of rotatable bonds is 8. The lowest BCUT2D eigenvalue weighted by atomic mass is 9.77. The standard InChI is InChI=1S/C80H83N5/c1-76(2,3)55-40-41-81-74(49-55)85-70-35-25-24-34-66(70)64-32-22-23-33-65(64)67-39-38-61(51-73(67)85)84(60-30-20-17-21-31-60)63-46-58(79(10,11)12)45-62(50-63)82-52-83(72-37-27-26-36-71(72)82)75-68(53-28-18-16-19-29-53)47-59(80(13,14)15)48-69(75)54-42-56(77(4,5)6)44-57(43-54)78(7,8)9/h16-51H,52H2,1-15H3/i16D,18D,19D,28D,29D. The maximum Gasteiger partial charge on any atom is 0.137 e. The van der Waals surface area contributed by atoms with Gasteiger partial charge in [-0.1, -0.05) is 231 Å². The number of aromatic nitrogens is 1. The van der Waals surface area contributed by atoms with Gasteiger partial charge in [-0.3, -0.25) is 4.90 Å². The molecule has 2 aliphatic heterocycles. The highest BCUT2D eigenvalue weighted by atomic mass is 15.4. The third-order valence-corrected chi connectivity index (χ3v) is 17.1. The molecule has 0 fully saturated rings. The molecule has 0 atom stereocenters. The van der Waals surface area contributed by atoms with Crippen molar-refractivity contribution in [1.82, 2.24) is 4.98 Å². The minimum absolute atomic E-state index is 0.122. The van der Waals surface area contributed by atoms with Gasteiger partial charge >= 0.3 is 0 Å². The van der Waals surface area contributed by atoms with Gasteiger partial charge in [-0.05, 0) is 162 Å². The number of hydrogen-bond acceptors (Lipinski definition) is 5. The number of fused-ring (bicyclic) bond motifs is 6. The van der Waals surface area contributed by atoms with Crippen molar-refractivity contribution in [2.24, 2.45) is 0 Å². The Morgan fingerprint density at radius 2 is 0.871 bits per heavy atom. The molecular weight excluding hydrogens is 1030 g/mol. The molecule has 0 amide bonds. The molecule has 0 bridgehead atoms. The highest BCUT2D eigenvalue weighted by molar-refractivity contribution is 6.04. The first-order valence-electron chi connectivity index (χ1n) is 32.5. The summed E-state index contributed by atoms with van der Waals surface area (Å²) in [5.41, 5.74) is 20.2. The monoisotopic (exact) mass is 1120 g/mol. The second-order valence-electron chi connectivity index (χ2n) is 28.4. The molecule has 0 radical (unpaired) electrons. The molecule has 0 spiro atoms. The third-order valence-electron chi connectivity index (χ3n) is 17.1. The Balaban J connectivity index is 1.11. The van der Waals surface area contributed by atoms with Gasteiger partial charge in [-0.25, -0.2) is 4.98 Å². The number of hydrogen-bond donors (Lipinski definition) is 0. The molecule has 0 saturated heterocycles. The molecule has 3 heterocycles. The molecular formula is C80H83N5. The van der Waals surface area contributed by atoms with Crippen molar-refractivity contribution in [3.63, 3.8) is 0 Å². The van der Waals surface area contributed by atoms with Gasteiger partial charge in [0.2, 0.25) is 0 Å². The van der Waals surface area contributed by atoms with E-state index >= 15 is 0 Å². The highest BCUT2D eigenvalue weighted by Crippen LogP contribution is 2.55. The van der Waals surface area contributed by atoms with Crippen LogP contribution in [0.3, 0.4) is 0 Å². The summed E-state index contributed by atoms with van der Waals surface area (Å²) in [4.78, 5) is 14.6. The topological polar surface area (TPSA) is 25.9 Å². The van der Waals surface area contributed by atoms with E-state index in [0.717, 1.165) is 102 Å². The smallest absolute Gasteiger partial charge is 0.137 e. The summed E-state index contributed by atoms with van der Waals surface area (Å²) in [5.74, 6) is 0.837. The molecule has 0 unspecified atom stereocenters. The van der Waals surface area contributed by atoms with Crippen LogP contribution in [0, 0.1) is 0 Å². The van der Waals surface area contributed by atoms with Crippen LogP contribution in [-0.2, 0) is 27.1 Å². The molecule has 9 aromatic carbocycles. The molecule has 85 heavy (non-hydrogen) atoms. The highest BCUT2D eigenvalue weighted by Gasteiger charge is 2.36. The quantitative estimate of drug-likeness (QED) is 0.151. The zero-order valence-electron chi connectivity index (χ0n) is 57.3. The summed E-state index contributed by atoms with van der Waals surface area (Å²) in [6.45, 7) is 33.9. The molecule has 1 aromatic heterocycles. The van der Waals surface area contributed by atoms with Crippen molar-refractivity contribution in [3.8, 4) is 44.5 Å². The minimum Gasteiger partial charge on any atom is -0.321 e. The lowest BCUT2D eigenvalue weighted by molar-refractivity contribution is 0.569. The Hall–Kier alpha value is -8.67. The number of pyridine rings is 1. The summed E-state index contributed by atoms with van der Waals surface area (Å²) in [6.07, 6.45) is 1.94. The van der Waals surface area contributed by atoms with Crippen LogP contribution in [0.25, 0.3) is 44.5 Å². The maximum atomic E-state index is 9.68. The Kier molecular flexibility index (Phi) is 12.6. The van der Waals surface area contributed by atoms with Crippen LogP contribution < -0.4 is 19.6 Å². The maximum absolute atomic E-state index is 9.68. The van der Waals surface area contributed by atoms with Crippen LogP contribution in [0.5, 0.6) is 0 Å². The molecule has 0 saturated carbocycles. The summed E-state index contributed by atoms with van der Waals surface area (Å²) in [5, 5.41) is 0. The van der Waals surface area contributed by atoms with Crippen molar-refractivity contribution >= 4 is 57.0 Å². The Bertz CT molecular complexity index is 4400. The number of para-hydroxylation sites is 4. The number of benzene rings is 9. The number of anilines is 10. The van der Waals surface area contributed by atoms with Gasteiger partial charge in [0.1, 0.15) is 12.5 Å². The number of nitrogens with zero attached hydrogens (tertiary/aromatic N) is 5. The second-order valence-corrected chi connectivity index (χ2v) is 28.4. The normalized spacial score (nSPS) is 14.3. The molecule has 12 rings (SSSR count). The van der Waals surface area contributed by atoms with Crippen LogP contribution in [0.1, 0.15) is 139 Å². The minimum atomic E-state index is -0.422. The van der Waals surface area contributed by atoms with Gasteiger partial charge < -0.3 is 14.7 Å². The summed E-state index contributed by atoms with van der Waals surface area (Å²) in [7, 11) is 0. The average molecular weight is 1120 g/mol. The van der Waals surface area contributed by atoms with Crippen LogP contribution in [0.4, 0.5) is 57.0 Å². The lowest BCUT2D eigenvalue weighted by Crippen LogP contribution is -2.26. The van der Waals surface area contributed by atoms with E-state index in [1.54, 1.807) is 0 Å². The van der Waals surface area contributed by atoms with Crippen LogP contribution in [-0.4, -0.2) is 11.7 Å².